The van der Waals surface area contributed by atoms with Crippen LogP contribution in [0.4, 0.5) is 0 Å². The van der Waals surface area contributed by atoms with Crippen LogP contribution in [0.3, 0.4) is 0 Å². The van der Waals surface area contributed by atoms with Crippen LogP contribution in [0.5, 0.6) is 0 Å². The molecule has 0 radical (unpaired) electrons. The molecule has 8 rings (SSSR count). The number of thiophene rings is 4. The molecule has 5 aromatic heterocycles. The Kier molecular flexibility index (Phi) is 9.75. The lowest BCUT2D eigenvalue weighted by atomic mass is 9.89. The Balaban J connectivity index is 1.31. The van der Waals surface area contributed by atoms with Gasteiger partial charge in [0.25, 0.3) is 0 Å². The fourth-order valence-corrected chi connectivity index (χ4v) is 12.6. The Bertz CT molecular complexity index is 2490. The fraction of sp³-hybridized carbons (Fsp3) is 0.409. The van der Waals surface area contributed by atoms with Crippen LogP contribution < -0.4 is 0 Å². The zero-order valence-corrected chi connectivity index (χ0v) is 33.6. The summed E-state index contributed by atoms with van der Waals surface area (Å²) in [5, 5.41) is 8.02. The van der Waals surface area contributed by atoms with Crippen LogP contribution in [0.1, 0.15) is 100 Å². The highest BCUT2D eigenvalue weighted by atomic mass is 32.1. The summed E-state index contributed by atoms with van der Waals surface area (Å²) in [6.07, 6.45) is 12.1. The molecule has 0 saturated heterocycles. The van der Waals surface area contributed by atoms with Crippen molar-refractivity contribution in [3.63, 3.8) is 0 Å². The van der Waals surface area contributed by atoms with E-state index >= 15 is 0 Å². The van der Waals surface area contributed by atoms with Gasteiger partial charge in [-0.15, -0.1) is 45.3 Å². The molecule has 6 heteroatoms. The molecule has 5 heterocycles. The number of hydrogen-bond donors (Lipinski definition) is 0. The molecule has 0 spiro atoms. The van der Waals surface area contributed by atoms with Crippen LogP contribution in [-0.2, 0) is 12.8 Å². The van der Waals surface area contributed by atoms with Crippen molar-refractivity contribution in [1.29, 1.82) is 0 Å². The maximum Gasteiger partial charge on any atom is 0.0984 e. The Hall–Kier alpha value is -2.90. The highest BCUT2D eigenvalue weighted by Crippen LogP contribution is 2.48. The molecule has 2 atom stereocenters. The molecule has 0 bridgehead atoms. The number of hydrogen-bond acceptors (Lipinski definition) is 6. The smallest absolute Gasteiger partial charge is 0.0984 e. The van der Waals surface area contributed by atoms with Gasteiger partial charge in [-0.1, -0.05) is 103 Å². The van der Waals surface area contributed by atoms with Crippen molar-refractivity contribution in [1.82, 2.24) is 9.97 Å². The second-order valence-electron chi connectivity index (χ2n) is 14.5. The zero-order chi connectivity index (χ0) is 34.5. The van der Waals surface area contributed by atoms with Gasteiger partial charge in [0.1, 0.15) is 0 Å². The second-order valence-corrected chi connectivity index (χ2v) is 19.2. The molecular weight excluding hydrogens is 685 g/mol. The summed E-state index contributed by atoms with van der Waals surface area (Å²) < 4.78 is 5.55. The largest absolute Gasteiger partial charge is 0.249 e. The van der Waals surface area contributed by atoms with Crippen molar-refractivity contribution in [3.05, 3.63) is 69.7 Å². The Morgan fingerprint density at radius 2 is 1.00 bits per heavy atom. The maximum absolute atomic E-state index is 5.70. The number of aromatic nitrogens is 2. The number of benzene rings is 3. The third kappa shape index (κ3) is 6.18. The van der Waals surface area contributed by atoms with E-state index in [9.17, 15) is 0 Å². The number of nitrogens with zero attached hydrogens (tertiary/aromatic N) is 2. The highest BCUT2D eigenvalue weighted by Gasteiger charge is 2.23. The molecule has 0 aliphatic rings. The number of fused-ring (bicyclic) bond motifs is 11. The van der Waals surface area contributed by atoms with Crippen molar-refractivity contribution in [2.75, 3.05) is 0 Å². The van der Waals surface area contributed by atoms with Crippen LogP contribution in [0.25, 0.3) is 71.9 Å². The van der Waals surface area contributed by atoms with E-state index in [0.29, 0.717) is 11.8 Å². The first kappa shape index (κ1) is 34.2. The molecule has 0 aliphatic carbocycles. The van der Waals surface area contributed by atoms with E-state index in [1.54, 1.807) is 0 Å². The normalized spacial score (nSPS) is 13.6. The number of aryl methyl sites for hydroxylation is 2. The molecule has 0 aliphatic heterocycles. The standard InChI is InChI=1S/C44H48N2S4/c1-7-11-13-27(9-3)21-35-36(22-28(10-4)14-12-8-2)46-40-34-24-38(50-44(34)43-33(39(40)45-35)20-26(6)48-43)37-23-30-16-18-31-32(42(30)49-37)17-15-29-19-25(5)47-41(29)31/h15-20,23-24,27-28H,7-14,21-22H2,1-6H3. The molecule has 0 fully saturated rings. The molecule has 0 N–H and O–H groups in total. The van der Waals surface area contributed by atoms with E-state index in [4.69, 9.17) is 9.97 Å². The predicted molar refractivity (Wildman–Crippen MR) is 228 cm³/mol. The minimum atomic E-state index is 0.657. The Morgan fingerprint density at radius 1 is 0.520 bits per heavy atom. The first-order valence-corrected chi connectivity index (χ1v) is 22.2. The van der Waals surface area contributed by atoms with E-state index in [1.165, 1.54) is 133 Å². The zero-order valence-electron chi connectivity index (χ0n) is 30.4. The van der Waals surface area contributed by atoms with Gasteiger partial charge in [-0.05, 0) is 73.6 Å². The lowest BCUT2D eigenvalue weighted by Gasteiger charge is -2.20. The van der Waals surface area contributed by atoms with E-state index in [0.717, 1.165) is 23.9 Å². The molecule has 2 nitrogen and oxygen atoms in total. The third-order valence-electron chi connectivity index (χ3n) is 10.9. The fourth-order valence-electron chi connectivity index (χ4n) is 8.01. The van der Waals surface area contributed by atoms with Crippen LogP contribution in [-0.4, -0.2) is 9.97 Å². The minimum Gasteiger partial charge on any atom is -0.249 e. The molecule has 0 saturated carbocycles. The predicted octanol–water partition coefficient (Wildman–Crippen LogP) is 15.4. The Morgan fingerprint density at radius 3 is 1.60 bits per heavy atom. The summed E-state index contributed by atoms with van der Waals surface area (Å²) in [6.45, 7) is 13.8. The highest BCUT2D eigenvalue weighted by molar-refractivity contribution is 7.32. The third-order valence-corrected chi connectivity index (χ3v) is 15.8. The van der Waals surface area contributed by atoms with Gasteiger partial charge in [0.05, 0.1) is 31.8 Å². The van der Waals surface area contributed by atoms with E-state index in [2.05, 4.69) is 90.1 Å². The van der Waals surface area contributed by atoms with Crippen LogP contribution in [0.15, 0.2) is 48.5 Å². The first-order valence-electron chi connectivity index (χ1n) is 18.9. The molecule has 0 amide bonds. The first-order chi connectivity index (χ1) is 24.4. The Labute approximate surface area is 312 Å². The van der Waals surface area contributed by atoms with Gasteiger partial charge in [0.15, 0.2) is 0 Å². The van der Waals surface area contributed by atoms with Gasteiger partial charge >= 0.3 is 0 Å². The SMILES string of the molecule is CCCCC(CC)Cc1nc2c3cc(C)sc3c3sc(-c4cc5ccc6c(ccc7cc(C)sc76)c5s4)cc3c2nc1CC(CC)CCCC. The van der Waals surface area contributed by atoms with Crippen molar-refractivity contribution >= 4 is 107 Å². The summed E-state index contributed by atoms with van der Waals surface area (Å²) in [6, 6.07) is 18.9. The quantitative estimate of drug-likeness (QED) is 0.118. The number of unbranched alkanes of at least 4 members (excludes halogenated alkanes) is 2. The molecule has 258 valence electrons. The topological polar surface area (TPSA) is 25.8 Å². The summed E-state index contributed by atoms with van der Waals surface area (Å²) in [5.41, 5.74) is 4.76. The van der Waals surface area contributed by atoms with Crippen LogP contribution in [0.2, 0.25) is 0 Å². The van der Waals surface area contributed by atoms with E-state index in [-0.39, 0.29) is 0 Å². The van der Waals surface area contributed by atoms with E-state index in [1.807, 2.05) is 45.3 Å². The molecule has 2 unspecified atom stereocenters. The van der Waals surface area contributed by atoms with Crippen molar-refractivity contribution in [2.45, 2.75) is 106 Å². The monoisotopic (exact) mass is 732 g/mol. The van der Waals surface area contributed by atoms with Gasteiger partial charge < -0.3 is 0 Å². The van der Waals surface area contributed by atoms with Crippen molar-refractivity contribution < 1.29 is 0 Å². The maximum atomic E-state index is 5.70. The number of rotatable bonds is 13. The van der Waals surface area contributed by atoms with Gasteiger partial charge in [0.2, 0.25) is 0 Å². The van der Waals surface area contributed by atoms with Crippen LogP contribution >= 0.6 is 45.3 Å². The summed E-state index contributed by atoms with van der Waals surface area (Å²) in [5.74, 6) is 1.32. The molecular formula is C44H48N2S4. The lowest BCUT2D eigenvalue weighted by molar-refractivity contribution is 0.427. The van der Waals surface area contributed by atoms with Gasteiger partial charge in [0, 0.05) is 50.5 Å². The van der Waals surface area contributed by atoms with Gasteiger partial charge in [-0.25, -0.2) is 9.97 Å². The summed E-state index contributed by atoms with van der Waals surface area (Å²) >= 11 is 7.74. The van der Waals surface area contributed by atoms with Gasteiger partial charge in [-0.2, -0.15) is 0 Å². The van der Waals surface area contributed by atoms with Crippen molar-refractivity contribution in [3.8, 4) is 9.75 Å². The van der Waals surface area contributed by atoms with Crippen molar-refractivity contribution in [2.24, 2.45) is 11.8 Å². The average molecular weight is 733 g/mol. The van der Waals surface area contributed by atoms with Gasteiger partial charge in [-0.3, -0.25) is 0 Å². The summed E-state index contributed by atoms with van der Waals surface area (Å²) in [4.78, 5) is 16.8. The molecule has 3 aromatic carbocycles. The summed E-state index contributed by atoms with van der Waals surface area (Å²) in [7, 11) is 0. The molecule has 50 heavy (non-hydrogen) atoms. The minimum absolute atomic E-state index is 0.657. The molecule has 8 aromatic rings. The second kappa shape index (κ2) is 14.3. The average Bonchev–Trinajstić information content (AvgIpc) is 3.92. The van der Waals surface area contributed by atoms with Crippen LogP contribution in [0, 0.1) is 25.7 Å². The lowest BCUT2D eigenvalue weighted by Crippen LogP contribution is -2.13. The van der Waals surface area contributed by atoms with E-state index < -0.39 is 0 Å².